The number of rotatable bonds is 4. The van der Waals surface area contributed by atoms with Crippen LogP contribution in [0.25, 0.3) is 49.7 Å². The first-order valence-electron chi connectivity index (χ1n) is 11.2. The lowest BCUT2D eigenvalue weighted by atomic mass is 9.98. The maximum Gasteiger partial charge on any atom is 0.277 e. The van der Waals surface area contributed by atoms with Crippen molar-refractivity contribution in [2.75, 3.05) is 0 Å². The molecule has 1 heterocycles. The zero-order chi connectivity index (χ0) is 23.9. The Morgan fingerprint density at radius 1 is 0.657 bits per heavy atom. The van der Waals surface area contributed by atoms with E-state index in [2.05, 4.69) is 59.2 Å². The minimum Gasteiger partial charge on any atom is -0.309 e. The van der Waals surface area contributed by atoms with Gasteiger partial charge in [0.05, 0.1) is 21.5 Å². The SMILES string of the molecule is O=[N+]([O-])c1ccc(Cl)cc1-c1cccc2c1c1ccccc1n2-c1cccc(-c2ccccc2)c1. The van der Waals surface area contributed by atoms with Crippen molar-refractivity contribution in [3.63, 3.8) is 0 Å². The zero-order valence-corrected chi connectivity index (χ0v) is 19.3. The predicted molar refractivity (Wildman–Crippen MR) is 143 cm³/mol. The molecule has 1 aromatic heterocycles. The summed E-state index contributed by atoms with van der Waals surface area (Å²) in [5.74, 6) is 0. The highest BCUT2D eigenvalue weighted by Crippen LogP contribution is 2.42. The van der Waals surface area contributed by atoms with E-state index in [4.69, 9.17) is 11.6 Å². The molecule has 35 heavy (non-hydrogen) atoms. The monoisotopic (exact) mass is 474 g/mol. The maximum absolute atomic E-state index is 11.9. The lowest BCUT2D eigenvalue weighted by molar-refractivity contribution is -0.384. The third-order valence-electron chi connectivity index (χ3n) is 6.35. The van der Waals surface area contributed by atoms with Crippen LogP contribution in [-0.4, -0.2) is 9.49 Å². The fraction of sp³-hybridized carbons (Fsp3) is 0. The minimum absolute atomic E-state index is 0.0322. The molecule has 0 atom stereocenters. The largest absolute Gasteiger partial charge is 0.309 e. The number of hydrogen-bond acceptors (Lipinski definition) is 2. The summed E-state index contributed by atoms with van der Waals surface area (Å²) in [7, 11) is 0. The summed E-state index contributed by atoms with van der Waals surface area (Å²) >= 11 is 6.29. The van der Waals surface area contributed by atoms with Crippen LogP contribution < -0.4 is 0 Å². The van der Waals surface area contributed by atoms with Gasteiger partial charge in [-0.25, -0.2) is 0 Å². The normalized spacial score (nSPS) is 11.2. The van der Waals surface area contributed by atoms with E-state index >= 15 is 0 Å². The molecule has 0 aliphatic heterocycles. The Hall–Kier alpha value is -4.41. The van der Waals surface area contributed by atoms with Crippen LogP contribution in [0.1, 0.15) is 0 Å². The Bertz CT molecular complexity index is 1740. The molecule has 6 aromatic rings. The van der Waals surface area contributed by atoms with Crippen molar-refractivity contribution >= 4 is 39.1 Å². The van der Waals surface area contributed by atoms with Crippen LogP contribution in [0.2, 0.25) is 5.02 Å². The molecule has 0 bridgehead atoms. The molecular formula is C30H19ClN2O2. The highest BCUT2D eigenvalue weighted by atomic mass is 35.5. The second kappa shape index (κ2) is 8.42. The van der Waals surface area contributed by atoms with Crippen LogP contribution in [0, 0.1) is 10.1 Å². The number of aromatic nitrogens is 1. The Labute approximate surface area is 206 Å². The van der Waals surface area contributed by atoms with Gasteiger partial charge in [0.1, 0.15) is 0 Å². The van der Waals surface area contributed by atoms with E-state index in [0.29, 0.717) is 10.6 Å². The van der Waals surface area contributed by atoms with Gasteiger partial charge in [-0.2, -0.15) is 0 Å². The molecule has 0 N–H and O–H groups in total. The summed E-state index contributed by atoms with van der Waals surface area (Å²) in [6, 6.07) is 37.5. The minimum atomic E-state index is -0.354. The van der Waals surface area contributed by atoms with Gasteiger partial charge >= 0.3 is 0 Å². The number of halogens is 1. The number of fused-ring (bicyclic) bond motifs is 3. The Balaban J connectivity index is 1.68. The summed E-state index contributed by atoms with van der Waals surface area (Å²) in [5.41, 5.74) is 6.62. The first-order chi connectivity index (χ1) is 17.1. The lowest BCUT2D eigenvalue weighted by Gasteiger charge is -2.11. The molecule has 0 amide bonds. The summed E-state index contributed by atoms with van der Waals surface area (Å²) in [6.07, 6.45) is 0. The second-order valence-electron chi connectivity index (χ2n) is 8.39. The highest BCUT2D eigenvalue weighted by Gasteiger charge is 2.21. The second-order valence-corrected chi connectivity index (χ2v) is 8.82. The van der Waals surface area contributed by atoms with Gasteiger partial charge < -0.3 is 4.57 Å². The Morgan fingerprint density at radius 2 is 1.37 bits per heavy atom. The van der Waals surface area contributed by atoms with E-state index in [-0.39, 0.29) is 10.6 Å². The summed E-state index contributed by atoms with van der Waals surface area (Å²) < 4.78 is 2.22. The molecule has 0 aliphatic rings. The molecule has 0 fully saturated rings. The molecule has 0 unspecified atom stereocenters. The van der Waals surface area contributed by atoms with Gasteiger partial charge in [0.15, 0.2) is 0 Å². The first kappa shape index (κ1) is 21.1. The Kier molecular flexibility index (Phi) is 5.09. The topological polar surface area (TPSA) is 48.1 Å². The number of nitro benzene ring substituents is 1. The van der Waals surface area contributed by atoms with E-state index in [9.17, 15) is 10.1 Å². The Morgan fingerprint density at radius 3 is 2.20 bits per heavy atom. The molecule has 4 nitrogen and oxygen atoms in total. The summed E-state index contributed by atoms with van der Waals surface area (Å²) in [5, 5.41) is 14.3. The maximum atomic E-state index is 11.9. The quantitative estimate of drug-likeness (QED) is 0.189. The number of nitrogens with zero attached hydrogens (tertiary/aromatic N) is 2. The van der Waals surface area contributed by atoms with E-state index in [1.807, 2.05) is 42.5 Å². The number of para-hydroxylation sites is 1. The van der Waals surface area contributed by atoms with Crippen molar-refractivity contribution in [2.45, 2.75) is 0 Å². The van der Waals surface area contributed by atoms with Crippen LogP contribution >= 0.6 is 11.6 Å². The average molecular weight is 475 g/mol. The molecule has 0 radical (unpaired) electrons. The van der Waals surface area contributed by atoms with Crippen LogP contribution in [0.4, 0.5) is 5.69 Å². The standard InChI is InChI=1S/C30H19ClN2O2/c31-22-16-17-28(33(34)35)26(19-22)24-13-7-15-29-30(24)25-12-4-5-14-27(25)32(29)23-11-6-10-21(18-23)20-8-2-1-3-9-20/h1-19H. The van der Waals surface area contributed by atoms with Gasteiger partial charge in [0, 0.05) is 27.5 Å². The van der Waals surface area contributed by atoms with Gasteiger partial charge in [-0.05, 0) is 53.1 Å². The molecule has 0 saturated carbocycles. The smallest absolute Gasteiger partial charge is 0.277 e. The average Bonchev–Trinajstić information content (AvgIpc) is 3.24. The first-order valence-corrected chi connectivity index (χ1v) is 11.6. The van der Waals surface area contributed by atoms with Crippen molar-refractivity contribution < 1.29 is 4.92 Å². The third-order valence-corrected chi connectivity index (χ3v) is 6.59. The van der Waals surface area contributed by atoms with Gasteiger partial charge in [-0.15, -0.1) is 0 Å². The summed E-state index contributed by atoms with van der Waals surface area (Å²) in [6.45, 7) is 0. The predicted octanol–water partition coefficient (Wildman–Crippen LogP) is 8.68. The molecule has 0 aliphatic carbocycles. The molecule has 168 valence electrons. The zero-order valence-electron chi connectivity index (χ0n) is 18.6. The fourth-order valence-corrected chi connectivity index (χ4v) is 5.03. The van der Waals surface area contributed by atoms with E-state index in [1.165, 1.54) is 6.07 Å². The fourth-order valence-electron chi connectivity index (χ4n) is 4.86. The van der Waals surface area contributed by atoms with E-state index < -0.39 is 0 Å². The van der Waals surface area contributed by atoms with Gasteiger partial charge in [-0.3, -0.25) is 10.1 Å². The van der Waals surface area contributed by atoms with Crippen molar-refractivity contribution in [2.24, 2.45) is 0 Å². The molecule has 0 spiro atoms. The van der Waals surface area contributed by atoms with Crippen LogP contribution in [0.3, 0.4) is 0 Å². The number of benzene rings is 5. The van der Waals surface area contributed by atoms with E-state index in [0.717, 1.165) is 44.2 Å². The molecular weight excluding hydrogens is 456 g/mol. The van der Waals surface area contributed by atoms with Crippen LogP contribution in [0.5, 0.6) is 0 Å². The van der Waals surface area contributed by atoms with Crippen LogP contribution in [-0.2, 0) is 0 Å². The lowest BCUT2D eigenvalue weighted by Crippen LogP contribution is -1.95. The molecule has 5 heteroatoms. The molecule has 6 rings (SSSR count). The third kappa shape index (κ3) is 3.56. The van der Waals surface area contributed by atoms with Crippen molar-refractivity contribution in [3.05, 3.63) is 130 Å². The molecule has 5 aromatic carbocycles. The summed E-state index contributed by atoms with van der Waals surface area (Å²) in [4.78, 5) is 11.5. The van der Waals surface area contributed by atoms with E-state index in [1.54, 1.807) is 12.1 Å². The van der Waals surface area contributed by atoms with Crippen molar-refractivity contribution in [1.82, 2.24) is 4.57 Å². The number of hydrogen-bond donors (Lipinski definition) is 0. The van der Waals surface area contributed by atoms with Gasteiger partial charge in [0.25, 0.3) is 5.69 Å². The van der Waals surface area contributed by atoms with Crippen molar-refractivity contribution in [1.29, 1.82) is 0 Å². The molecule has 0 saturated heterocycles. The number of nitro groups is 1. The highest BCUT2D eigenvalue weighted by molar-refractivity contribution is 6.31. The van der Waals surface area contributed by atoms with Gasteiger partial charge in [-0.1, -0.05) is 84.4 Å². The van der Waals surface area contributed by atoms with Crippen molar-refractivity contribution in [3.8, 4) is 27.9 Å². The van der Waals surface area contributed by atoms with Crippen LogP contribution in [0.15, 0.2) is 115 Å². The van der Waals surface area contributed by atoms with Gasteiger partial charge in [0.2, 0.25) is 0 Å².